The van der Waals surface area contributed by atoms with E-state index in [-0.39, 0.29) is 6.04 Å². The molecular formula is C15H21N3O2. The second-order valence-electron chi connectivity index (χ2n) is 4.50. The molecule has 2 N–H and O–H groups in total. The number of H-pyrrole nitrogens is 1. The quantitative estimate of drug-likeness (QED) is 0.815. The highest BCUT2D eigenvalue weighted by Gasteiger charge is 2.09. The molecule has 0 saturated carbocycles. The highest BCUT2D eigenvalue weighted by atomic mass is 16.5. The molecule has 0 saturated heterocycles. The third kappa shape index (κ3) is 3.51. The maximum atomic E-state index is 5.51. The molecule has 2 aromatic rings. The minimum Gasteiger partial charge on any atom is -0.493 e. The van der Waals surface area contributed by atoms with Gasteiger partial charge in [0.25, 0.3) is 0 Å². The number of nitrogens with one attached hydrogen (secondary N) is 2. The lowest BCUT2D eigenvalue weighted by atomic mass is 10.2. The van der Waals surface area contributed by atoms with Gasteiger partial charge in [0.15, 0.2) is 11.5 Å². The number of methoxy groups -OCH3 is 1. The molecule has 2 rings (SSSR count). The molecule has 1 atom stereocenters. The zero-order chi connectivity index (χ0) is 14.4. The van der Waals surface area contributed by atoms with Crippen molar-refractivity contribution >= 4 is 0 Å². The van der Waals surface area contributed by atoms with Crippen LogP contribution in [0.5, 0.6) is 11.5 Å². The molecule has 1 unspecified atom stereocenters. The van der Waals surface area contributed by atoms with E-state index in [1.54, 1.807) is 13.3 Å². The summed E-state index contributed by atoms with van der Waals surface area (Å²) in [5.74, 6) is 2.47. The van der Waals surface area contributed by atoms with E-state index < -0.39 is 0 Å². The van der Waals surface area contributed by atoms with Crippen LogP contribution in [0.4, 0.5) is 0 Å². The van der Waals surface area contributed by atoms with Crippen molar-refractivity contribution < 1.29 is 9.47 Å². The number of benzene rings is 1. The van der Waals surface area contributed by atoms with Gasteiger partial charge in [-0.05, 0) is 31.5 Å². The van der Waals surface area contributed by atoms with Gasteiger partial charge in [0.05, 0.1) is 19.8 Å². The fraction of sp³-hybridized carbons (Fsp3) is 0.400. The van der Waals surface area contributed by atoms with E-state index in [1.807, 2.05) is 31.3 Å². The molecule has 0 spiro atoms. The first-order valence-corrected chi connectivity index (χ1v) is 6.77. The fourth-order valence-electron chi connectivity index (χ4n) is 1.98. The molecule has 108 valence electrons. The highest BCUT2D eigenvalue weighted by Crippen LogP contribution is 2.28. The van der Waals surface area contributed by atoms with Crippen LogP contribution in [0.15, 0.2) is 30.6 Å². The predicted octanol–water partition coefficient (Wildman–Crippen LogP) is 2.67. The molecule has 1 aromatic carbocycles. The second-order valence-corrected chi connectivity index (χ2v) is 4.50. The van der Waals surface area contributed by atoms with Gasteiger partial charge in [-0.3, -0.25) is 0 Å². The Morgan fingerprint density at radius 1 is 1.35 bits per heavy atom. The van der Waals surface area contributed by atoms with Gasteiger partial charge in [0.2, 0.25) is 0 Å². The number of imidazole rings is 1. The van der Waals surface area contributed by atoms with E-state index in [2.05, 4.69) is 22.2 Å². The number of aromatic amines is 1. The van der Waals surface area contributed by atoms with E-state index in [0.29, 0.717) is 6.61 Å². The van der Waals surface area contributed by atoms with Gasteiger partial charge in [0, 0.05) is 18.9 Å². The van der Waals surface area contributed by atoms with Crippen molar-refractivity contribution in [3.63, 3.8) is 0 Å². The van der Waals surface area contributed by atoms with Crippen LogP contribution in [0.25, 0.3) is 0 Å². The molecule has 0 aliphatic heterocycles. The fourth-order valence-corrected chi connectivity index (χ4v) is 1.98. The molecule has 0 amide bonds. The van der Waals surface area contributed by atoms with E-state index in [1.165, 1.54) is 0 Å². The average molecular weight is 275 g/mol. The summed E-state index contributed by atoms with van der Waals surface area (Å²) in [7, 11) is 1.65. The standard InChI is InChI=1S/C15H21N3O2/c1-4-20-13-6-5-12(9-14(13)19-3)10-18-11(2)15-16-7-8-17-15/h5-9,11,18H,4,10H2,1-3H3,(H,16,17). The largest absolute Gasteiger partial charge is 0.493 e. The van der Waals surface area contributed by atoms with Crippen LogP contribution >= 0.6 is 0 Å². The first-order chi connectivity index (χ1) is 9.74. The Hall–Kier alpha value is -2.01. The number of hydrogen-bond acceptors (Lipinski definition) is 4. The third-order valence-electron chi connectivity index (χ3n) is 3.07. The number of aromatic nitrogens is 2. The van der Waals surface area contributed by atoms with Crippen molar-refractivity contribution in [2.45, 2.75) is 26.4 Å². The minimum atomic E-state index is 0.169. The van der Waals surface area contributed by atoms with Gasteiger partial charge in [-0.15, -0.1) is 0 Å². The average Bonchev–Trinajstić information content (AvgIpc) is 3.00. The smallest absolute Gasteiger partial charge is 0.161 e. The van der Waals surface area contributed by atoms with Crippen LogP contribution in [0.3, 0.4) is 0 Å². The maximum Gasteiger partial charge on any atom is 0.161 e. The highest BCUT2D eigenvalue weighted by molar-refractivity contribution is 5.42. The summed E-state index contributed by atoms with van der Waals surface area (Å²) < 4.78 is 10.9. The lowest BCUT2D eigenvalue weighted by Crippen LogP contribution is -2.19. The van der Waals surface area contributed by atoms with Crippen LogP contribution < -0.4 is 14.8 Å². The van der Waals surface area contributed by atoms with Crippen molar-refractivity contribution in [2.75, 3.05) is 13.7 Å². The number of ether oxygens (including phenoxy) is 2. The number of hydrogen-bond donors (Lipinski definition) is 2. The Labute approximate surface area is 119 Å². The lowest BCUT2D eigenvalue weighted by molar-refractivity contribution is 0.310. The third-order valence-corrected chi connectivity index (χ3v) is 3.07. The molecule has 0 radical (unpaired) electrons. The van der Waals surface area contributed by atoms with Gasteiger partial charge >= 0.3 is 0 Å². The van der Waals surface area contributed by atoms with E-state index >= 15 is 0 Å². The molecule has 0 fully saturated rings. The summed E-state index contributed by atoms with van der Waals surface area (Å²) in [5.41, 5.74) is 1.14. The van der Waals surface area contributed by atoms with Crippen molar-refractivity contribution in [3.8, 4) is 11.5 Å². The zero-order valence-corrected chi connectivity index (χ0v) is 12.1. The number of rotatable bonds is 7. The molecule has 5 heteroatoms. The lowest BCUT2D eigenvalue weighted by Gasteiger charge is -2.14. The Bertz CT molecular complexity index is 526. The van der Waals surface area contributed by atoms with Gasteiger partial charge < -0.3 is 19.8 Å². The van der Waals surface area contributed by atoms with E-state index in [0.717, 1.165) is 29.4 Å². The molecular weight excluding hydrogens is 254 g/mol. The Balaban J connectivity index is 1.99. The summed E-state index contributed by atoms with van der Waals surface area (Å²) in [4.78, 5) is 7.34. The summed E-state index contributed by atoms with van der Waals surface area (Å²) in [6, 6.07) is 6.14. The first-order valence-electron chi connectivity index (χ1n) is 6.77. The molecule has 0 bridgehead atoms. The van der Waals surface area contributed by atoms with E-state index in [4.69, 9.17) is 9.47 Å². The van der Waals surface area contributed by atoms with Gasteiger partial charge in [0.1, 0.15) is 5.82 Å². The molecule has 1 aromatic heterocycles. The van der Waals surface area contributed by atoms with Crippen molar-refractivity contribution in [2.24, 2.45) is 0 Å². The minimum absolute atomic E-state index is 0.169. The Morgan fingerprint density at radius 2 is 2.20 bits per heavy atom. The SMILES string of the molecule is CCOc1ccc(CNC(C)c2ncc[nH]2)cc1OC. The second kappa shape index (κ2) is 6.96. The topological polar surface area (TPSA) is 59.2 Å². The Morgan fingerprint density at radius 3 is 2.85 bits per heavy atom. The summed E-state index contributed by atoms with van der Waals surface area (Å²) in [5, 5.41) is 3.41. The van der Waals surface area contributed by atoms with Crippen LogP contribution in [-0.2, 0) is 6.54 Å². The first kappa shape index (κ1) is 14.4. The predicted molar refractivity (Wildman–Crippen MR) is 78.0 cm³/mol. The van der Waals surface area contributed by atoms with Crippen LogP contribution in [-0.4, -0.2) is 23.7 Å². The van der Waals surface area contributed by atoms with Gasteiger partial charge in [-0.1, -0.05) is 6.07 Å². The summed E-state index contributed by atoms with van der Waals surface area (Å²) in [6.07, 6.45) is 3.58. The molecule has 5 nitrogen and oxygen atoms in total. The molecule has 20 heavy (non-hydrogen) atoms. The van der Waals surface area contributed by atoms with E-state index in [9.17, 15) is 0 Å². The Kier molecular flexibility index (Phi) is 5.01. The number of nitrogens with zero attached hydrogens (tertiary/aromatic N) is 1. The van der Waals surface area contributed by atoms with Crippen LogP contribution in [0.1, 0.15) is 31.3 Å². The summed E-state index contributed by atoms with van der Waals surface area (Å²) in [6.45, 7) is 5.40. The van der Waals surface area contributed by atoms with Crippen molar-refractivity contribution in [1.29, 1.82) is 0 Å². The molecule has 0 aliphatic carbocycles. The normalized spacial score (nSPS) is 12.2. The summed E-state index contributed by atoms with van der Waals surface area (Å²) >= 11 is 0. The zero-order valence-electron chi connectivity index (χ0n) is 12.1. The maximum absolute atomic E-state index is 5.51. The van der Waals surface area contributed by atoms with Gasteiger partial charge in [-0.25, -0.2) is 4.98 Å². The van der Waals surface area contributed by atoms with Crippen LogP contribution in [0.2, 0.25) is 0 Å². The molecule has 1 heterocycles. The van der Waals surface area contributed by atoms with Crippen molar-refractivity contribution in [1.82, 2.24) is 15.3 Å². The van der Waals surface area contributed by atoms with Crippen LogP contribution in [0, 0.1) is 0 Å². The van der Waals surface area contributed by atoms with Crippen molar-refractivity contribution in [3.05, 3.63) is 42.0 Å². The van der Waals surface area contributed by atoms with Gasteiger partial charge in [-0.2, -0.15) is 0 Å². The monoisotopic (exact) mass is 275 g/mol. The molecule has 0 aliphatic rings.